The van der Waals surface area contributed by atoms with Gasteiger partial charge in [-0.1, -0.05) is 6.92 Å². The van der Waals surface area contributed by atoms with E-state index in [4.69, 9.17) is 5.11 Å². The number of nitrogens with zero attached hydrogens (tertiary/aromatic N) is 1. The summed E-state index contributed by atoms with van der Waals surface area (Å²) in [6.07, 6.45) is -0.139. The lowest BCUT2D eigenvalue weighted by Gasteiger charge is -2.18. The Morgan fingerprint density at radius 3 is 2.53 bits per heavy atom. The Morgan fingerprint density at radius 1 is 1.53 bits per heavy atom. The highest BCUT2D eigenvalue weighted by Gasteiger charge is 2.17. The first-order valence-corrected chi connectivity index (χ1v) is 4.77. The topological polar surface area (TPSA) is 78.9 Å². The fourth-order valence-electron chi connectivity index (χ4n) is 1.02. The number of hydrogen-bond acceptors (Lipinski definition) is 3. The lowest BCUT2D eigenvalue weighted by Crippen LogP contribution is -2.43. The van der Waals surface area contributed by atoms with E-state index in [-0.39, 0.29) is 12.6 Å². The van der Waals surface area contributed by atoms with Gasteiger partial charge in [0.2, 0.25) is 0 Å². The van der Waals surface area contributed by atoms with Gasteiger partial charge < -0.3 is 20.1 Å². The van der Waals surface area contributed by atoms with Crippen LogP contribution in [0.2, 0.25) is 0 Å². The molecular weight excluding hydrogens is 200 g/mol. The molecule has 0 aliphatic rings. The SMILES string of the molecule is CCCN(C)C(=O)NCC(OC)C(=O)O. The smallest absolute Gasteiger partial charge is 0.334 e. The standard InChI is InChI=1S/C9H18N2O4/c1-4-5-11(2)9(14)10-6-7(15-3)8(12)13/h7H,4-6H2,1-3H3,(H,10,14)(H,12,13). The molecule has 6 nitrogen and oxygen atoms in total. The number of carboxylic acids is 1. The van der Waals surface area contributed by atoms with E-state index in [2.05, 4.69) is 10.1 Å². The molecule has 1 atom stereocenters. The number of ether oxygens (including phenoxy) is 1. The van der Waals surface area contributed by atoms with Crippen LogP contribution < -0.4 is 5.32 Å². The first-order chi connectivity index (χ1) is 7.02. The van der Waals surface area contributed by atoms with Crippen LogP contribution in [0.25, 0.3) is 0 Å². The summed E-state index contributed by atoms with van der Waals surface area (Å²) in [6, 6.07) is -0.292. The van der Waals surface area contributed by atoms with E-state index in [1.807, 2.05) is 6.92 Å². The molecule has 0 aromatic rings. The van der Waals surface area contributed by atoms with Gasteiger partial charge in [0.1, 0.15) is 0 Å². The van der Waals surface area contributed by atoms with Crippen LogP contribution in [0.4, 0.5) is 4.79 Å². The van der Waals surface area contributed by atoms with Crippen molar-refractivity contribution in [1.29, 1.82) is 0 Å². The summed E-state index contributed by atoms with van der Waals surface area (Å²) in [4.78, 5) is 23.4. The Bertz CT molecular complexity index is 220. The number of urea groups is 1. The van der Waals surface area contributed by atoms with Crippen molar-refractivity contribution in [2.75, 3.05) is 27.2 Å². The molecule has 0 spiro atoms. The second-order valence-corrected chi connectivity index (χ2v) is 3.17. The van der Waals surface area contributed by atoms with Gasteiger partial charge >= 0.3 is 12.0 Å². The normalized spacial score (nSPS) is 11.9. The van der Waals surface area contributed by atoms with Crippen molar-refractivity contribution in [3.63, 3.8) is 0 Å². The molecule has 0 bridgehead atoms. The predicted octanol–water partition coefficient (Wildman–Crippen LogP) is 0.137. The first kappa shape index (κ1) is 13.7. The summed E-state index contributed by atoms with van der Waals surface area (Å²) in [5.74, 6) is -1.09. The minimum atomic E-state index is -1.09. The average Bonchev–Trinajstić information content (AvgIpc) is 2.18. The molecule has 0 aliphatic heterocycles. The summed E-state index contributed by atoms with van der Waals surface area (Å²) in [5.41, 5.74) is 0. The maximum atomic E-state index is 11.3. The lowest BCUT2D eigenvalue weighted by molar-refractivity contribution is -0.148. The van der Waals surface area contributed by atoms with Gasteiger partial charge in [0.25, 0.3) is 0 Å². The van der Waals surface area contributed by atoms with Crippen LogP contribution in [0.15, 0.2) is 0 Å². The number of amides is 2. The summed E-state index contributed by atoms with van der Waals surface area (Å²) < 4.78 is 4.67. The number of rotatable bonds is 6. The Morgan fingerprint density at radius 2 is 2.13 bits per heavy atom. The number of nitrogens with one attached hydrogen (secondary N) is 1. The molecule has 0 aromatic heterocycles. The Labute approximate surface area is 89.2 Å². The second-order valence-electron chi connectivity index (χ2n) is 3.17. The number of carbonyl (C=O) groups excluding carboxylic acids is 1. The van der Waals surface area contributed by atoms with Gasteiger partial charge in [0.05, 0.1) is 6.54 Å². The number of methoxy groups -OCH3 is 1. The molecule has 0 saturated carbocycles. The molecule has 0 heterocycles. The second kappa shape index (κ2) is 7.05. The molecule has 0 fully saturated rings. The Kier molecular flexibility index (Phi) is 6.44. The third-order valence-corrected chi connectivity index (χ3v) is 1.90. The van der Waals surface area contributed by atoms with Crippen molar-refractivity contribution in [1.82, 2.24) is 10.2 Å². The highest BCUT2D eigenvalue weighted by Crippen LogP contribution is 1.91. The first-order valence-electron chi connectivity index (χ1n) is 4.77. The molecule has 1 unspecified atom stereocenters. The molecule has 0 saturated heterocycles. The number of hydrogen-bond donors (Lipinski definition) is 2. The number of carboxylic acid groups (broad SMARTS) is 1. The van der Waals surface area contributed by atoms with Gasteiger partial charge in [-0.05, 0) is 6.42 Å². The predicted molar refractivity (Wildman–Crippen MR) is 54.8 cm³/mol. The highest BCUT2D eigenvalue weighted by molar-refractivity contribution is 5.76. The Hall–Kier alpha value is -1.30. The van der Waals surface area contributed by atoms with E-state index in [1.165, 1.54) is 12.0 Å². The van der Waals surface area contributed by atoms with Crippen molar-refractivity contribution in [3.8, 4) is 0 Å². The van der Waals surface area contributed by atoms with E-state index in [0.717, 1.165) is 6.42 Å². The summed E-state index contributed by atoms with van der Waals surface area (Å²) in [5, 5.41) is 11.1. The van der Waals surface area contributed by atoms with Crippen molar-refractivity contribution < 1.29 is 19.4 Å². The fourth-order valence-corrected chi connectivity index (χ4v) is 1.02. The third-order valence-electron chi connectivity index (χ3n) is 1.90. The maximum Gasteiger partial charge on any atom is 0.334 e. The van der Waals surface area contributed by atoms with E-state index in [1.54, 1.807) is 7.05 Å². The molecule has 2 N–H and O–H groups in total. The lowest BCUT2D eigenvalue weighted by atomic mass is 10.3. The third kappa shape index (κ3) is 5.21. The molecular formula is C9H18N2O4. The zero-order valence-corrected chi connectivity index (χ0v) is 9.32. The van der Waals surface area contributed by atoms with Crippen LogP contribution in [-0.4, -0.2) is 55.4 Å². The van der Waals surface area contributed by atoms with Crippen molar-refractivity contribution >= 4 is 12.0 Å². The highest BCUT2D eigenvalue weighted by atomic mass is 16.5. The van der Waals surface area contributed by atoms with E-state index >= 15 is 0 Å². The minimum Gasteiger partial charge on any atom is -0.479 e. The van der Waals surface area contributed by atoms with Gasteiger partial charge in [-0.25, -0.2) is 9.59 Å². The molecule has 0 aromatic carbocycles. The maximum absolute atomic E-state index is 11.3. The largest absolute Gasteiger partial charge is 0.479 e. The molecule has 15 heavy (non-hydrogen) atoms. The van der Waals surface area contributed by atoms with Crippen LogP contribution in [0.1, 0.15) is 13.3 Å². The van der Waals surface area contributed by atoms with Crippen molar-refractivity contribution in [3.05, 3.63) is 0 Å². The summed E-state index contributed by atoms with van der Waals surface area (Å²) in [6.45, 7) is 2.56. The van der Waals surface area contributed by atoms with E-state index < -0.39 is 12.1 Å². The molecule has 0 radical (unpaired) electrons. The monoisotopic (exact) mass is 218 g/mol. The zero-order chi connectivity index (χ0) is 11.8. The molecule has 0 aliphatic carbocycles. The zero-order valence-electron chi connectivity index (χ0n) is 9.32. The van der Waals surface area contributed by atoms with Crippen LogP contribution in [0.5, 0.6) is 0 Å². The van der Waals surface area contributed by atoms with Gasteiger partial charge in [-0.3, -0.25) is 0 Å². The summed E-state index contributed by atoms with van der Waals surface area (Å²) in [7, 11) is 2.95. The number of aliphatic carboxylic acids is 1. The minimum absolute atomic E-state index is 0.0290. The van der Waals surface area contributed by atoms with E-state index in [0.29, 0.717) is 6.54 Å². The molecule has 0 rings (SSSR count). The molecule has 2 amide bonds. The van der Waals surface area contributed by atoms with Gasteiger partial charge in [0.15, 0.2) is 6.10 Å². The van der Waals surface area contributed by atoms with Crippen LogP contribution in [0, 0.1) is 0 Å². The van der Waals surface area contributed by atoms with Crippen LogP contribution >= 0.6 is 0 Å². The van der Waals surface area contributed by atoms with Crippen molar-refractivity contribution in [2.24, 2.45) is 0 Å². The quantitative estimate of drug-likeness (QED) is 0.664. The fraction of sp³-hybridized carbons (Fsp3) is 0.778. The van der Waals surface area contributed by atoms with Crippen LogP contribution in [0.3, 0.4) is 0 Å². The molecule has 88 valence electrons. The summed E-state index contributed by atoms with van der Waals surface area (Å²) >= 11 is 0. The van der Waals surface area contributed by atoms with Crippen molar-refractivity contribution in [2.45, 2.75) is 19.4 Å². The average molecular weight is 218 g/mol. The Balaban J connectivity index is 3.92. The number of carbonyl (C=O) groups is 2. The van der Waals surface area contributed by atoms with Gasteiger partial charge in [0, 0.05) is 20.7 Å². The van der Waals surface area contributed by atoms with Crippen LogP contribution in [-0.2, 0) is 9.53 Å². The molecule has 6 heteroatoms. The van der Waals surface area contributed by atoms with Gasteiger partial charge in [-0.15, -0.1) is 0 Å². The van der Waals surface area contributed by atoms with Gasteiger partial charge in [-0.2, -0.15) is 0 Å². The van der Waals surface area contributed by atoms with E-state index in [9.17, 15) is 9.59 Å².